The fourth-order valence-electron chi connectivity index (χ4n) is 2.10. The van der Waals surface area contributed by atoms with E-state index in [0.717, 1.165) is 12.1 Å². The summed E-state index contributed by atoms with van der Waals surface area (Å²) in [5.74, 6) is 0. The van der Waals surface area contributed by atoms with Gasteiger partial charge in [0.25, 0.3) is 0 Å². The molecule has 1 atom stereocenters. The fraction of sp³-hybridized carbons (Fsp3) is 0.333. The third kappa shape index (κ3) is 3.21. The Balaban J connectivity index is 2.14. The Kier molecular flexibility index (Phi) is 4.32. The first-order valence-corrected chi connectivity index (χ1v) is 6.47. The zero-order valence-electron chi connectivity index (χ0n) is 11.3. The summed E-state index contributed by atoms with van der Waals surface area (Å²) in [7, 11) is 0. The van der Waals surface area contributed by atoms with Crippen LogP contribution >= 0.6 is 0 Å². The fourth-order valence-corrected chi connectivity index (χ4v) is 2.10. The maximum Gasteiger partial charge on any atom is 0.145 e. The Bertz CT molecular complexity index is 580. The van der Waals surface area contributed by atoms with Crippen molar-refractivity contribution in [2.24, 2.45) is 0 Å². The molecule has 0 bridgehead atoms. The normalized spacial score (nSPS) is 12.1. The van der Waals surface area contributed by atoms with E-state index in [0.29, 0.717) is 18.3 Å². The molecule has 0 saturated heterocycles. The van der Waals surface area contributed by atoms with Crippen LogP contribution in [0.25, 0.3) is 0 Å². The Hall–Kier alpha value is -2.12. The Morgan fingerprint density at radius 3 is 3.05 bits per heavy atom. The molecule has 2 aromatic heterocycles. The van der Waals surface area contributed by atoms with Crippen molar-refractivity contribution >= 4 is 0 Å². The van der Waals surface area contributed by atoms with Crippen LogP contribution in [0, 0.1) is 11.3 Å². The van der Waals surface area contributed by atoms with Crippen molar-refractivity contribution in [2.75, 3.05) is 6.54 Å². The molecular weight excluding hydrogens is 236 g/mol. The Morgan fingerprint density at radius 1 is 1.47 bits per heavy atom. The monoisotopic (exact) mass is 254 g/mol. The molecule has 0 aliphatic heterocycles. The zero-order valence-corrected chi connectivity index (χ0v) is 11.3. The van der Waals surface area contributed by atoms with E-state index in [1.54, 1.807) is 6.20 Å². The lowest BCUT2D eigenvalue weighted by Crippen LogP contribution is -2.17. The van der Waals surface area contributed by atoms with Gasteiger partial charge in [-0.25, -0.2) is 4.98 Å². The second-order valence-corrected chi connectivity index (χ2v) is 4.52. The topological polar surface area (TPSA) is 53.6 Å². The number of pyridine rings is 1. The maximum absolute atomic E-state index is 9.03. The van der Waals surface area contributed by atoms with Crippen molar-refractivity contribution in [1.29, 1.82) is 5.26 Å². The van der Waals surface area contributed by atoms with Gasteiger partial charge in [-0.15, -0.1) is 0 Å². The lowest BCUT2D eigenvalue weighted by molar-refractivity contribution is 0.596. The minimum absolute atomic E-state index is 0.343. The van der Waals surface area contributed by atoms with Crippen molar-refractivity contribution < 1.29 is 0 Å². The lowest BCUT2D eigenvalue weighted by atomic mass is 10.2. The maximum atomic E-state index is 9.03. The molecule has 2 rings (SSSR count). The molecule has 2 aromatic rings. The number of aromatic nitrogens is 2. The van der Waals surface area contributed by atoms with Gasteiger partial charge in [-0.1, -0.05) is 13.0 Å². The summed E-state index contributed by atoms with van der Waals surface area (Å²) in [6.45, 7) is 5.87. The molecule has 0 radical (unpaired) electrons. The van der Waals surface area contributed by atoms with Gasteiger partial charge in [0.1, 0.15) is 11.8 Å². The van der Waals surface area contributed by atoms with E-state index >= 15 is 0 Å². The van der Waals surface area contributed by atoms with E-state index in [-0.39, 0.29) is 0 Å². The molecule has 0 saturated carbocycles. The number of hydrogen-bond donors (Lipinski definition) is 1. The average Bonchev–Trinajstić information content (AvgIpc) is 2.88. The minimum Gasteiger partial charge on any atom is -0.349 e. The third-order valence-corrected chi connectivity index (χ3v) is 3.13. The molecule has 19 heavy (non-hydrogen) atoms. The van der Waals surface area contributed by atoms with E-state index in [4.69, 9.17) is 5.26 Å². The molecule has 0 aliphatic rings. The Labute approximate surface area is 113 Å². The molecule has 0 fully saturated rings. The number of hydrogen-bond acceptors (Lipinski definition) is 3. The van der Waals surface area contributed by atoms with Gasteiger partial charge in [0.2, 0.25) is 0 Å². The van der Waals surface area contributed by atoms with Crippen LogP contribution in [0.15, 0.2) is 36.8 Å². The van der Waals surface area contributed by atoms with Crippen molar-refractivity contribution in [2.45, 2.75) is 26.4 Å². The van der Waals surface area contributed by atoms with Crippen molar-refractivity contribution in [3.63, 3.8) is 0 Å². The van der Waals surface area contributed by atoms with E-state index in [1.165, 1.54) is 5.56 Å². The van der Waals surface area contributed by atoms with Crippen molar-refractivity contribution in [3.8, 4) is 6.07 Å². The molecule has 2 heterocycles. The molecule has 1 N–H and O–H groups in total. The predicted molar refractivity (Wildman–Crippen MR) is 74.6 cm³/mol. The molecule has 0 aromatic carbocycles. The molecule has 4 nitrogen and oxygen atoms in total. The van der Waals surface area contributed by atoms with Gasteiger partial charge in [0.15, 0.2) is 0 Å². The minimum atomic E-state index is 0.343. The first kappa shape index (κ1) is 13.3. The first-order valence-electron chi connectivity index (χ1n) is 6.47. The highest BCUT2D eigenvalue weighted by molar-refractivity contribution is 5.31. The summed E-state index contributed by atoms with van der Waals surface area (Å²) in [6.07, 6.45) is 5.80. The summed E-state index contributed by atoms with van der Waals surface area (Å²) in [5.41, 5.74) is 2.70. The van der Waals surface area contributed by atoms with E-state index in [9.17, 15) is 0 Å². The second-order valence-electron chi connectivity index (χ2n) is 4.52. The van der Waals surface area contributed by atoms with Gasteiger partial charge in [0, 0.05) is 36.7 Å². The van der Waals surface area contributed by atoms with Crippen LogP contribution in [0.1, 0.15) is 36.7 Å². The van der Waals surface area contributed by atoms with Gasteiger partial charge < -0.3 is 9.88 Å². The Morgan fingerprint density at radius 2 is 2.32 bits per heavy atom. The van der Waals surface area contributed by atoms with Crippen LogP contribution in [0.4, 0.5) is 0 Å². The summed E-state index contributed by atoms with van der Waals surface area (Å²) < 4.78 is 2.08. The standard InChI is InChI=1S/C15H18N4/c1-3-17-12(2)13-6-8-19(10-13)11-14-5-4-7-18-15(14)9-16/h4-8,10,12,17H,3,11H2,1-2H3. The highest BCUT2D eigenvalue weighted by Crippen LogP contribution is 2.14. The second kappa shape index (κ2) is 6.17. The van der Waals surface area contributed by atoms with Gasteiger partial charge in [-0.3, -0.25) is 0 Å². The van der Waals surface area contributed by atoms with Crippen LogP contribution in [0.5, 0.6) is 0 Å². The van der Waals surface area contributed by atoms with E-state index < -0.39 is 0 Å². The summed E-state index contributed by atoms with van der Waals surface area (Å²) in [4.78, 5) is 4.08. The molecule has 1 unspecified atom stereocenters. The van der Waals surface area contributed by atoms with Crippen LogP contribution in [0.3, 0.4) is 0 Å². The highest BCUT2D eigenvalue weighted by atomic mass is 15.0. The molecular formula is C15H18N4. The van der Waals surface area contributed by atoms with Crippen LogP contribution in [-0.2, 0) is 6.54 Å². The van der Waals surface area contributed by atoms with E-state index in [1.807, 2.05) is 18.3 Å². The number of nitriles is 1. The predicted octanol–water partition coefficient (Wildman–Crippen LogP) is 2.47. The van der Waals surface area contributed by atoms with Crippen LogP contribution < -0.4 is 5.32 Å². The van der Waals surface area contributed by atoms with Gasteiger partial charge >= 0.3 is 0 Å². The largest absolute Gasteiger partial charge is 0.349 e. The molecule has 0 aliphatic carbocycles. The molecule has 0 amide bonds. The lowest BCUT2D eigenvalue weighted by Gasteiger charge is -2.10. The number of nitrogens with zero attached hydrogens (tertiary/aromatic N) is 3. The summed E-state index contributed by atoms with van der Waals surface area (Å²) >= 11 is 0. The highest BCUT2D eigenvalue weighted by Gasteiger charge is 2.07. The molecule has 4 heteroatoms. The van der Waals surface area contributed by atoms with Crippen molar-refractivity contribution in [1.82, 2.24) is 14.9 Å². The van der Waals surface area contributed by atoms with Gasteiger partial charge in [-0.05, 0) is 31.2 Å². The van der Waals surface area contributed by atoms with Gasteiger partial charge in [0.05, 0.1) is 0 Å². The average molecular weight is 254 g/mol. The SMILES string of the molecule is CCNC(C)c1ccn(Cc2cccnc2C#N)c1. The number of rotatable bonds is 5. The van der Waals surface area contributed by atoms with Crippen molar-refractivity contribution in [3.05, 3.63) is 53.6 Å². The van der Waals surface area contributed by atoms with E-state index in [2.05, 4.69) is 47.0 Å². The van der Waals surface area contributed by atoms with Gasteiger partial charge in [-0.2, -0.15) is 5.26 Å². The number of nitrogens with one attached hydrogen (secondary N) is 1. The zero-order chi connectivity index (χ0) is 13.7. The smallest absolute Gasteiger partial charge is 0.145 e. The third-order valence-electron chi connectivity index (χ3n) is 3.13. The molecule has 0 spiro atoms. The first-order chi connectivity index (χ1) is 9.24. The van der Waals surface area contributed by atoms with Crippen LogP contribution in [0.2, 0.25) is 0 Å². The van der Waals surface area contributed by atoms with Crippen LogP contribution in [-0.4, -0.2) is 16.1 Å². The quantitative estimate of drug-likeness (QED) is 0.891. The summed E-state index contributed by atoms with van der Waals surface area (Å²) in [5, 5.41) is 12.4. The molecule has 98 valence electrons. The summed E-state index contributed by atoms with van der Waals surface area (Å²) in [6, 6.07) is 8.39.